The fourth-order valence-electron chi connectivity index (χ4n) is 2.13. The molecule has 5 heteroatoms. The Hall–Kier alpha value is -1.42. The number of methoxy groups -OCH3 is 1. The van der Waals surface area contributed by atoms with Crippen LogP contribution in [0.25, 0.3) is 0 Å². The Morgan fingerprint density at radius 3 is 2.62 bits per heavy atom. The van der Waals surface area contributed by atoms with Crippen LogP contribution < -0.4 is 10.1 Å². The maximum Gasteiger partial charge on any atom is 0.120 e. The maximum absolute atomic E-state index is 9.85. The number of nitrogens with one attached hydrogen (secondary N) is 1. The van der Waals surface area contributed by atoms with E-state index >= 15 is 0 Å². The number of ether oxygens (including phenoxy) is 1. The highest BCUT2D eigenvalue weighted by molar-refractivity contribution is 6.33. The van der Waals surface area contributed by atoms with E-state index in [0.29, 0.717) is 10.0 Å². The van der Waals surface area contributed by atoms with Crippen LogP contribution in [0.5, 0.6) is 5.75 Å². The minimum Gasteiger partial charge on any atom is -0.497 e. The average molecular weight is 326 g/mol. The second-order valence-corrected chi connectivity index (χ2v) is 5.81. The van der Waals surface area contributed by atoms with Crippen LogP contribution in [0.3, 0.4) is 0 Å². The summed E-state index contributed by atoms with van der Waals surface area (Å²) in [5.41, 5.74) is 0.804. The molecule has 0 aliphatic carbocycles. The molecule has 0 saturated heterocycles. The van der Waals surface area contributed by atoms with E-state index in [4.69, 9.17) is 27.9 Å². The molecule has 0 heterocycles. The van der Waals surface area contributed by atoms with Crippen LogP contribution in [0.1, 0.15) is 12.5 Å². The Bertz CT molecular complexity index is 633. The van der Waals surface area contributed by atoms with Gasteiger partial charge in [-0.1, -0.05) is 29.3 Å². The van der Waals surface area contributed by atoms with E-state index < -0.39 is 5.54 Å². The lowest BCUT2D eigenvalue weighted by Crippen LogP contribution is -2.36. The van der Waals surface area contributed by atoms with Crippen LogP contribution in [-0.4, -0.2) is 18.8 Å². The predicted octanol–water partition coefficient (Wildman–Crippen LogP) is 4.32. The van der Waals surface area contributed by atoms with Gasteiger partial charge >= 0.3 is 0 Å². The molecule has 0 aliphatic rings. The van der Waals surface area contributed by atoms with E-state index in [0.717, 1.165) is 17.0 Å². The first-order valence-electron chi connectivity index (χ1n) is 6.47. The van der Waals surface area contributed by atoms with Gasteiger partial charge in [-0.15, -0.1) is 0 Å². The molecule has 0 saturated carbocycles. The number of rotatable bonds is 5. The van der Waals surface area contributed by atoms with Crippen molar-refractivity contribution in [1.82, 2.24) is 0 Å². The molecule has 0 fully saturated rings. The van der Waals surface area contributed by atoms with Crippen molar-refractivity contribution in [2.45, 2.75) is 12.5 Å². The second-order valence-electron chi connectivity index (χ2n) is 4.97. The number of aliphatic hydroxyl groups is 1. The SMILES string of the molecule is COc1cccc(NC(C)(CO)c2cc(Cl)ccc2Cl)c1. The zero-order chi connectivity index (χ0) is 15.5. The van der Waals surface area contributed by atoms with Gasteiger partial charge in [0.15, 0.2) is 0 Å². The van der Waals surface area contributed by atoms with Gasteiger partial charge in [0.2, 0.25) is 0 Å². The third-order valence-electron chi connectivity index (χ3n) is 3.33. The van der Waals surface area contributed by atoms with Gasteiger partial charge in [-0.25, -0.2) is 0 Å². The number of hydrogen-bond acceptors (Lipinski definition) is 3. The quantitative estimate of drug-likeness (QED) is 0.860. The number of aliphatic hydroxyl groups excluding tert-OH is 1. The Labute approximate surface area is 134 Å². The zero-order valence-corrected chi connectivity index (χ0v) is 13.4. The monoisotopic (exact) mass is 325 g/mol. The lowest BCUT2D eigenvalue weighted by molar-refractivity contribution is 0.224. The largest absolute Gasteiger partial charge is 0.497 e. The summed E-state index contributed by atoms with van der Waals surface area (Å²) in [7, 11) is 1.61. The summed E-state index contributed by atoms with van der Waals surface area (Å²) in [4.78, 5) is 0. The minimum atomic E-state index is -0.756. The standard InChI is InChI=1S/C16H17Cl2NO2/c1-16(10-20,14-8-11(17)6-7-15(14)18)19-12-4-3-5-13(9-12)21-2/h3-9,19-20H,10H2,1-2H3. The summed E-state index contributed by atoms with van der Waals surface area (Å²) in [5, 5.41) is 14.3. The van der Waals surface area contributed by atoms with Crippen molar-refractivity contribution >= 4 is 28.9 Å². The summed E-state index contributed by atoms with van der Waals surface area (Å²) >= 11 is 12.3. The van der Waals surface area contributed by atoms with Crippen molar-refractivity contribution in [3.63, 3.8) is 0 Å². The summed E-state index contributed by atoms with van der Waals surface area (Å²) in [6, 6.07) is 12.7. The highest BCUT2D eigenvalue weighted by atomic mass is 35.5. The van der Waals surface area contributed by atoms with Gasteiger partial charge < -0.3 is 15.2 Å². The topological polar surface area (TPSA) is 41.5 Å². The highest BCUT2D eigenvalue weighted by Crippen LogP contribution is 2.33. The first kappa shape index (κ1) is 16.0. The average Bonchev–Trinajstić information content (AvgIpc) is 2.49. The molecule has 2 N–H and O–H groups in total. The van der Waals surface area contributed by atoms with Gasteiger partial charge in [0.05, 0.1) is 19.3 Å². The molecule has 0 aliphatic heterocycles. The van der Waals surface area contributed by atoms with E-state index in [9.17, 15) is 5.11 Å². The zero-order valence-electron chi connectivity index (χ0n) is 11.9. The smallest absolute Gasteiger partial charge is 0.120 e. The van der Waals surface area contributed by atoms with Gasteiger partial charge in [-0.2, -0.15) is 0 Å². The van der Waals surface area contributed by atoms with E-state index in [2.05, 4.69) is 5.32 Å². The van der Waals surface area contributed by atoms with Crippen LogP contribution in [0.4, 0.5) is 5.69 Å². The fraction of sp³-hybridized carbons (Fsp3) is 0.250. The maximum atomic E-state index is 9.85. The molecular formula is C16H17Cl2NO2. The summed E-state index contributed by atoms with van der Waals surface area (Å²) in [6.45, 7) is 1.73. The molecule has 0 amide bonds. The van der Waals surface area contributed by atoms with Crippen LogP contribution in [0, 0.1) is 0 Å². The van der Waals surface area contributed by atoms with Crippen LogP contribution in [0.2, 0.25) is 10.0 Å². The Morgan fingerprint density at radius 1 is 1.19 bits per heavy atom. The Morgan fingerprint density at radius 2 is 1.95 bits per heavy atom. The van der Waals surface area contributed by atoms with Crippen LogP contribution >= 0.6 is 23.2 Å². The van der Waals surface area contributed by atoms with E-state index in [1.165, 1.54) is 0 Å². The molecule has 21 heavy (non-hydrogen) atoms. The van der Waals surface area contributed by atoms with Crippen LogP contribution in [0.15, 0.2) is 42.5 Å². The highest BCUT2D eigenvalue weighted by Gasteiger charge is 2.28. The van der Waals surface area contributed by atoms with Gasteiger partial charge in [0, 0.05) is 21.8 Å². The number of benzene rings is 2. The predicted molar refractivity (Wildman–Crippen MR) is 87.5 cm³/mol. The van der Waals surface area contributed by atoms with Crippen molar-refractivity contribution in [2.75, 3.05) is 19.0 Å². The van der Waals surface area contributed by atoms with E-state index in [1.54, 1.807) is 25.3 Å². The number of hydrogen-bond donors (Lipinski definition) is 2. The van der Waals surface area contributed by atoms with Crippen molar-refractivity contribution in [3.05, 3.63) is 58.1 Å². The second kappa shape index (κ2) is 6.56. The van der Waals surface area contributed by atoms with Gasteiger partial charge in [-0.05, 0) is 42.8 Å². The van der Waals surface area contributed by atoms with E-state index in [-0.39, 0.29) is 6.61 Å². The van der Waals surface area contributed by atoms with E-state index in [1.807, 2.05) is 31.2 Å². The summed E-state index contributed by atoms with van der Waals surface area (Å²) < 4.78 is 5.20. The van der Waals surface area contributed by atoms with Gasteiger partial charge in [0.1, 0.15) is 5.75 Å². The van der Waals surface area contributed by atoms with Crippen molar-refractivity contribution < 1.29 is 9.84 Å². The molecule has 0 radical (unpaired) electrons. The molecule has 1 unspecified atom stereocenters. The molecule has 2 aromatic rings. The third kappa shape index (κ3) is 3.62. The van der Waals surface area contributed by atoms with Crippen LogP contribution in [-0.2, 0) is 5.54 Å². The minimum absolute atomic E-state index is 0.135. The summed E-state index contributed by atoms with van der Waals surface area (Å²) in [6.07, 6.45) is 0. The third-order valence-corrected chi connectivity index (χ3v) is 3.89. The lowest BCUT2D eigenvalue weighted by atomic mass is 9.92. The molecule has 0 spiro atoms. The first-order valence-corrected chi connectivity index (χ1v) is 7.23. The molecule has 0 bridgehead atoms. The molecule has 2 aromatic carbocycles. The van der Waals surface area contributed by atoms with Crippen molar-refractivity contribution in [1.29, 1.82) is 0 Å². The summed E-state index contributed by atoms with van der Waals surface area (Å²) in [5.74, 6) is 0.734. The number of halogens is 2. The van der Waals surface area contributed by atoms with Gasteiger partial charge in [-0.3, -0.25) is 0 Å². The van der Waals surface area contributed by atoms with Crippen molar-refractivity contribution in [3.8, 4) is 5.75 Å². The Kier molecular flexibility index (Phi) is 4.99. The lowest BCUT2D eigenvalue weighted by Gasteiger charge is -2.31. The van der Waals surface area contributed by atoms with Crippen molar-refractivity contribution in [2.24, 2.45) is 0 Å². The normalized spacial score (nSPS) is 13.6. The molecule has 1 atom stereocenters. The Balaban J connectivity index is 2.38. The molecule has 112 valence electrons. The van der Waals surface area contributed by atoms with Gasteiger partial charge in [0.25, 0.3) is 0 Å². The number of anilines is 1. The molecule has 3 nitrogen and oxygen atoms in total. The first-order chi connectivity index (χ1) is 9.98. The molecule has 2 rings (SSSR count). The fourth-order valence-corrected chi connectivity index (χ4v) is 2.63. The molecular weight excluding hydrogens is 309 g/mol. The molecule has 0 aromatic heterocycles.